The van der Waals surface area contributed by atoms with Gasteiger partial charge in [-0.3, -0.25) is 0 Å². The maximum Gasteiger partial charge on any atom is 0.251 e. The van der Waals surface area contributed by atoms with Crippen LogP contribution in [0.25, 0.3) is 17.1 Å². The van der Waals surface area contributed by atoms with Crippen molar-refractivity contribution in [3.05, 3.63) is 47.9 Å². The van der Waals surface area contributed by atoms with Crippen LogP contribution in [0.1, 0.15) is 24.9 Å². The zero-order valence-electron chi connectivity index (χ0n) is 14.6. The van der Waals surface area contributed by atoms with Gasteiger partial charge in [0.15, 0.2) is 5.60 Å². The molecule has 1 atom stereocenters. The third kappa shape index (κ3) is 2.71. The van der Waals surface area contributed by atoms with E-state index in [1.807, 2.05) is 13.8 Å². The van der Waals surface area contributed by atoms with Gasteiger partial charge in [-0.15, -0.1) is 10.2 Å². The lowest BCUT2D eigenvalue weighted by Gasteiger charge is -2.22. The molecule has 3 aromatic rings. The van der Waals surface area contributed by atoms with Gasteiger partial charge in [-0.2, -0.15) is 5.10 Å². The Hall–Kier alpha value is -2.58. The average molecular weight is 358 g/mol. The average Bonchev–Trinajstić information content (AvgIpc) is 3.36. The van der Waals surface area contributed by atoms with E-state index in [2.05, 4.69) is 15.3 Å². The van der Waals surface area contributed by atoms with Crippen molar-refractivity contribution in [1.29, 1.82) is 0 Å². The van der Waals surface area contributed by atoms with Crippen LogP contribution in [0.15, 0.2) is 34.9 Å². The summed E-state index contributed by atoms with van der Waals surface area (Å²) in [5, 5.41) is 12.6. The van der Waals surface area contributed by atoms with Crippen molar-refractivity contribution < 1.29 is 18.3 Å². The summed E-state index contributed by atoms with van der Waals surface area (Å²) in [6.45, 7) is 5.23. The van der Waals surface area contributed by atoms with Gasteiger partial charge >= 0.3 is 0 Å². The second-order valence-corrected chi connectivity index (χ2v) is 6.15. The van der Waals surface area contributed by atoms with Gasteiger partial charge in [0.05, 0.1) is 30.7 Å². The van der Waals surface area contributed by atoms with E-state index in [0.29, 0.717) is 55.0 Å². The van der Waals surface area contributed by atoms with Crippen LogP contribution in [0.4, 0.5) is 4.39 Å². The molecule has 1 fully saturated rings. The molecular formula is C18H19FN4O3. The molecule has 1 aliphatic rings. The largest absolute Gasteiger partial charge is 0.417 e. The molecule has 3 heterocycles. The third-order valence-electron chi connectivity index (χ3n) is 4.54. The minimum Gasteiger partial charge on any atom is -0.417 e. The highest BCUT2D eigenvalue weighted by atomic mass is 19.1. The first-order valence-electron chi connectivity index (χ1n) is 8.50. The van der Waals surface area contributed by atoms with Crippen molar-refractivity contribution in [1.82, 2.24) is 20.0 Å². The fourth-order valence-corrected chi connectivity index (χ4v) is 3.17. The van der Waals surface area contributed by atoms with Gasteiger partial charge in [-0.1, -0.05) is 12.1 Å². The molecule has 1 saturated heterocycles. The first kappa shape index (κ1) is 16.9. The molecule has 7 nitrogen and oxygen atoms in total. The number of aromatic nitrogens is 4. The highest BCUT2D eigenvalue weighted by Crippen LogP contribution is 2.35. The second-order valence-electron chi connectivity index (χ2n) is 6.15. The Morgan fingerprint density at radius 3 is 2.88 bits per heavy atom. The maximum atomic E-state index is 14.1. The second kappa shape index (κ2) is 6.62. The fraction of sp³-hybridized carbons (Fsp3) is 0.389. The van der Waals surface area contributed by atoms with E-state index in [1.165, 1.54) is 10.7 Å². The Bertz CT molecular complexity index is 915. The van der Waals surface area contributed by atoms with Gasteiger partial charge in [0.25, 0.3) is 11.8 Å². The lowest BCUT2D eigenvalue weighted by atomic mass is 10.0. The molecule has 26 heavy (non-hydrogen) atoms. The van der Waals surface area contributed by atoms with E-state index in [0.717, 1.165) is 0 Å². The zero-order chi connectivity index (χ0) is 18.1. The Morgan fingerprint density at radius 1 is 1.31 bits per heavy atom. The quantitative estimate of drug-likeness (QED) is 0.698. The molecule has 0 saturated carbocycles. The number of hydrogen-bond acceptors (Lipinski definition) is 6. The highest BCUT2D eigenvalue weighted by molar-refractivity contribution is 5.56. The zero-order valence-corrected chi connectivity index (χ0v) is 14.6. The first-order valence-corrected chi connectivity index (χ1v) is 8.50. The predicted molar refractivity (Wildman–Crippen MR) is 90.3 cm³/mol. The van der Waals surface area contributed by atoms with Crippen LogP contribution in [-0.4, -0.2) is 39.8 Å². The van der Waals surface area contributed by atoms with E-state index in [9.17, 15) is 4.39 Å². The van der Waals surface area contributed by atoms with Crippen LogP contribution >= 0.6 is 0 Å². The standard InChI is InChI=1S/C18H19FN4O3/c1-3-25-18(8-9-24-11-18)17-22-21-16(26-17)13-10-20-23(12(13)2)15-7-5-4-6-14(15)19/h4-7,10H,3,8-9,11H2,1-2H3. The minimum atomic E-state index is -0.699. The number of rotatable bonds is 5. The van der Waals surface area contributed by atoms with Crippen LogP contribution in [0.5, 0.6) is 0 Å². The van der Waals surface area contributed by atoms with Crippen molar-refractivity contribution in [3.8, 4) is 17.1 Å². The van der Waals surface area contributed by atoms with Gasteiger partial charge in [0.1, 0.15) is 11.5 Å². The van der Waals surface area contributed by atoms with E-state index in [4.69, 9.17) is 13.9 Å². The van der Waals surface area contributed by atoms with Crippen LogP contribution in [0, 0.1) is 12.7 Å². The molecule has 0 aliphatic carbocycles. The topological polar surface area (TPSA) is 75.2 Å². The van der Waals surface area contributed by atoms with Crippen molar-refractivity contribution in [2.24, 2.45) is 0 Å². The minimum absolute atomic E-state index is 0.325. The van der Waals surface area contributed by atoms with Crippen molar-refractivity contribution in [2.75, 3.05) is 19.8 Å². The van der Waals surface area contributed by atoms with Crippen molar-refractivity contribution >= 4 is 0 Å². The summed E-state index contributed by atoms with van der Waals surface area (Å²) in [6, 6.07) is 6.46. The number of hydrogen-bond donors (Lipinski definition) is 0. The number of ether oxygens (including phenoxy) is 2. The SMILES string of the molecule is CCOC1(c2nnc(-c3cnn(-c4ccccc4F)c3C)o2)CCOC1. The van der Waals surface area contributed by atoms with Gasteiger partial charge in [-0.25, -0.2) is 9.07 Å². The molecule has 2 aromatic heterocycles. The van der Waals surface area contributed by atoms with E-state index < -0.39 is 5.60 Å². The Morgan fingerprint density at radius 2 is 2.15 bits per heavy atom. The smallest absolute Gasteiger partial charge is 0.251 e. The molecule has 1 aromatic carbocycles. The van der Waals surface area contributed by atoms with E-state index >= 15 is 0 Å². The lowest BCUT2D eigenvalue weighted by molar-refractivity contribution is -0.0657. The van der Waals surface area contributed by atoms with Crippen molar-refractivity contribution in [3.63, 3.8) is 0 Å². The summed E-state index contributed by atoms with van der Waals surface area (Å²) in [5.74, 6) is 0.367. The number of para-hydroxylation sites is 1. The Balaban J connectivity index is 1.70. The van der Waals surface area contributed by atoms with Gasteiger partial charge < -0.3 is 13.9 Å². The molecule has 8 heteroatoms. The lowest BCUT2D eigenvalue weighted by Crippen LogP contribution is -2.30. The molecule has 1 aliphatic heterocycles. The van der Waals surface area contributed by atoms with E-state index in [-0.39, 0.29) is 5.82 Å². The van der Waals surface area contributed by atoms with E-state index in [1.54, 1.807) is 24.4 Å². The molecule has 0 radical (unpaired) electrons. The predicted octanol–water partition coefficient (Wildman–Crippen LogP) is 3.02. The summed E-state index contributed by atoms with van der Waals surface area (Å²) in [5.41, 5.74) is 1.03. The maximum absolute atomic E-state index is 14.1. The third-order valence-corrected chi connectivity index (χ3v) is 4.54. The summed E-state index contributed by atoms with van der Waals surface area (Å²) in [7, 11) is 0. The molecule has 0 N–H and O–H groups in total. The molecule has 0 amide bonds. The molecule has 4 rings (SSSR count). The Kier molecular flexibility index (Phi) is 4.29. The summed E-state index contributed by atoms with van der Waals surface area (Å²) in [4.78, 5) is 0. The molecule has 0 bridgehead atoms. The number of halogens is 1. The summed E-state index contributed by atoms with van der Waals surface area (Å²) < 4.78 is 32.8. The first-order chi connectivity index (χ1) is 12.6. The van der Waals surface area contributed by atoms with Gasteiger partial charge in [0.2, 0.25) is 0 Å². The molecule has 136 valence electrons. The number of benzene rings is 1. The Labute approximate surface area is 149 Å². The monoisotopic (exact) mass is 358 g/mol. The van der Waals surface area contributed by atoms with Gasteiger partial charge in [0, 0.05) is 13.0 Å². The highest BCUT2D eigenvalue weighted by Gasteiger charge is 2.43. The summed E-state index contributed by atoms with van der Waals surface area (Å²) in [6.07, 6.45) is 2.26. The molecular weight excluding hydrogens is 339 g/mol. The van der Waals surface area contributed by atoms with Crippen LogP contribution in [0.3, 0.4) is 0 Å². The summed E-state index contributed by atoms with van der Waals surface area (Å²) >= 11 is 0. The number of nitrogens with zero attached hydrogens (tertiary/aromatic N) is 4. The normalized spacial score (nSPS) is 20.0. The van der Waals surface area contributed by atoms with Crippen LogP contribution in [0.2, 0.25) is 0 Å². The molecule has 1 unspecified atom stereocenters. The van der Waals surface area contributed by atoms with Crippen molar-refractivity contribution in [2.45, 2.75) is 25.9 Å². The van der Waals surface area contributed by atoms with Gasteiger partial charge in [-0.05, 0) is 26.0 Å². The van der Waals surface area contributed by atoms with Crippen LogP contribution < -0.4 is 0 Å². The molecule has 0 spiro atoms. The fourth-order valence-electron chi connectivity index (χ4n) is 3.17. The van der Waals surface area contributed by atoms with Crippen LogP contribution in [-0.2, 0) is 15.1 Å².